The first-order chi connectivity index (χ1) is 8.81. The van der Waals surface area contributed by atoms with Gasteiger partial charge in [-0.15, -0.1) is 0 Å². The summed E-state index contributed by atoms with van der Waals surface area (Å²) in [6, 6.07) is 4.04. The molecule has 0 radical (unpaired) electrons. The molecule has 0 aliphatic heterocycles. The molecule has 1 aromatic carbocycles. The average Bonchev–Trinajstić information content (AvgIpc) is 2.27. The van der Waals surface area contributed by atoms with Crippen LogP contribution in [0.2, 0.25) is 5.02 Å². The van der Waals surface area contributed by atoms with E-state index in [9.17, 15) is 9.59 Å². The van der Waals surface area contributed by atoms with Crippen molar-refractivity contribution in [1.82, 2.24) is 4.90 Å². The van der Waals surface area contributed by atoms with Crippen LogP contribution in [0.15, 0.2) is 18.2 Å². The summed E-state index contributed by atoms with van der Waals surface area (Å²) in [6.07, 6.45) is 0. The minimum atomic E-state index is -1.10. The van der Waals surface area contributed by atoms with E-state index < -0.39 is 5.97 Å². The maximum Gasteiger partial charge on any atom is 0.337 e. The fourth-order valence-corrected chi connectivity index (χ4v) is 1.88. The van der Waals surface area contributed by atoms with E-state index in [-0.39, 0.29) is 16.6 Å². The van der Waals surface area contributed by atoms with Crippen molar-refractivity contribution < 1.29 is 14.7 Å². The zero-order chi connectivity index (χ0) is 14.6. The summed E-state index contributed by atoms with van der Waals surface area (Å²) in [5.41, 5.74) is 0.478. The minimum absolute atomic E-state index is 0.00945. The van der Waals surface area contributed by atoms with Crippen LogP contribution in [-0.2, 0) is 0 Å². The molecule has 0 aliphatic rings. The highest BCUT2D eigenvalue weighted by atomic mass is 35.5. The number of nitrogens with zero attached hydrogens (tertiary/aromatic N) is 1. The first-order valence-electron chi connectivity index (χ1n) is 5.86. The summed E-state index contributed by atoms with van der Waals surface area (Å²) in [5, 5.41) is 11.6. The Morgan fingerprint density at radius 1 is 1.42 bits per heavy atom. The molecular weight excluding hydrogens is 268 g/mol. The molecule has 104 valence electrons. The van der Waals surface area contributed by atoms with Crippen LogP contribution in [0.25, 0.3) is 0 Å². The van der Waals surface area contributed by atoms with Crippen LogP contribution in [0.3, 0.4) is 0 Å². The molecule has 0 bridgehead atoms. The molecular formula is C13H17ClN2O3. The Morgan fingerprint density at radius 2 is 2.05 bits per heavy atom. The summed E-state index contributed by atoms with van der Waals surface area (Å²) in [7, 11) is 1.70. The van der Waals surface area contributed by atoms with Crippen LogP contribution in [-0.4, -0.2) is 35.6 Å². The van der Waals surface area contributed by atoms with Gasteiger partial charge in [0.25, 0.3) is 0 Å². The van der Waals surface area contributed by atoms with Gasteiger partial charge in [0.15, 0.2) is 0 Å². The lowest BCUT2D eigenvalue weighted by Crippen LogP contribution is -2.34. The SMILES string of the molecule is CC(C)CN(C)C(=O)Nc1ccc(C(=O)O)c(Cl)c1. The molecule has 2 N–H and O–H groups in total. The van der Waals surface area contributed by atoms with Crippen LogP contribution >= 0.6 is 11.6 Å². The first-order valence-corrected chi connectivity index (χ1v) is 6.24. The maximum atomic E-state index is 11.8. The van der Waals surface area contributed by atoms with Crippen molar-refractivity contribution in [3.63, 3.8) is 0 Å². The second kappa shape index (κ2) is 6.43. The van der Waals surface area contributed by atoms with Gasteiger partial charge in [0.2, 0.25) is 0 Å². The van der Waals surface area contributed by atoms with Crippen LogP contribution in [0.5, 0.6) is 0 Å². The van der Waals surface area contributed by atoms with Crippen molar-refractivity contribution in [3.05, 3.63) is 28.8 Å². The Kier molecular flexibility index (Phi) is 5.18. The van der Waals surface area contributed by atoms with Crippen LogP contribution in [0.4, 0.5) is 10.5 Å². The number of anilines is 1. The largest absolute Gasteiger partial charge is 0.478 e. The number of rotatable bonds is 4. The van der Waals surface area contributed by atoms with Gasteiger partial charge in [0, 0.05) is 19.3 Å². The molecule has 0 spiro atoms. The van der Waals surface area contributed by atoms with Crippen LogP contribution < -0.4 is 5.32 Å². The number of aromatic carboxylic acids is 1. The fraction of sp³-hybridized carbons (Fsp3) is 0.385. The molecule has 0 aliphatic carbocycles. The highest BCUT2D eigenvalue weighted by Crippen LogP contribution is 2.21. The zero-order valence-corrected chi connectivity index (χ0v) is 11.9. The van der Waals surface area contributed by atoms with Crippen molar-refractivity contribution in [2.45, 2.75) is 13.8 Å². The average molecular weight is 285 g/mol. The van der Waals surface area contributed by atoms with Crippen molar-refractivity contribution in [3.8, 4) is 0 Å². The topological polar surface area (TPSA) is 69.6 Å². The lowest BCUT2D eigenvalue weighted by Gasteiger charge is -2.20. The van der Waals surface area contributed by atoms with E-state index >= 15 is 0 Å². The molecule has 0 saturated heterocycles. The molecule has 0 fully saturated rings. The predicted molar refractivity (Wildman–Crippen MR) is 74.9 cm³/mol. The first kappa shape index (κ1) is 15.3. The van der Waals surface area contributed by atoms with Gasteiger partial charge in [0.1, 0.15) is 0 Å². The zero-order valence-electron chi connectivity index (χ0n) is 11.1. The molecule has 1 rings (SSSR count). The number of carboxylic acids is 1. The van der Waals surface area contributed by atoms with Crippen molar-refractivity contribution >= 4 is 29.3 Å². The monoisotopic (exact) mass is 284 g/mol. The predicted octanol–water partition coefficient (Wildman–Crippen LogP) is 3.16. The van der Waals surface area contributed by atoms with E-state index in [4.69, 9.17) is 16.7 Å². The van der Waals surface area contributed by atoms with E-state index in [1.165, 1.54) is 18.2 Å². The third-order valence-electron chi connectivity index (χ3n) is 2.44. The molecule has 0 heterocycles. The van der Waals surface area contributed by atoms with Gasteiger partial charge in [-0.1, -0.05) is 25.4 Å². The lowest BCUT2D eigenvalue weighted by molar-refractivity contribution is 0.0697. The van der Waals surface area contributed by atoms with E-state index in [0.717, 1.165) is 0 Å². The molecule has 5 nitrogen and oxygen atoms in total. The Morgan fingerprint density at radius 3 is 2.53 bits per heavy atom. The number of amides is 2. The molecule has 0 aromatic heterocycles. The van der Waals surface area contributed by atoms with Gasteiger partial charge < -0.3 is 15.3 Å². The van der Waals surface area contributed by atoms with Crippen LogP contribution in [0, 0.1) is 5.92 Å². The number of urea groups is 1. The van der Waals surface area contributed by atoms with Gasteiger partial charge >= 0.3 is 12.0 Å². The molecule has 6 heteroatoms. The van der Waals surface area contributed by atoms with Gasteiger partial charge in [-0.2, -0.15) is 0 Å². The standard InChI is InChI=1S/C13H17ClN2O3/c1-8(2)7-16(3)13(19)15-9-4-5-10(12(17)18)11(14)6-9/h4-6,8H,7H2,1-3H3,(H,15,19)(H,17,18). The number of nitrogens with one attached hydrogen (secondary N) is 1. The lowest BCUT2D eigenvalue weighted by atomic mass is 10.2. The second-order valence-corrected chi connectivity index (χ2v) is 5.11. The summed E-state index contributed by atoms with van der Waals surface area (Å²) in [4.78, 5) is 24.2. The normalized spacial score (nSPS) is 10.4. The highest BCUT2D eigenvalue weighted by molar-refractivity contribution is 6.33. The second-order valence-electron chi connectivity index (χ2n) is 4.70. The molecule has 19 heavy (non-hydrogen) atoms. The summed E-state index contributed by atoms with van der Waals surface area (Å²) >= 11 is 5.83. The number of carbonyl (C=O) groups is 2. The van der Waals surface area contributed by atoms with E-state index in [1.807, 2.05) is 13.8 Å². The number of hydrogen-bond acceptors (Lipinski definition) is 2. The van der Waals surface area contributed by atoms with Crippen LogP contribution in [0.1, 0.15) is 24.2 Å². The summed E-state index contributed by atoms with van der Waals surface area (Å²) in [6.45, 7) is 4.66. The Hall–Kier alpha value is -1.75. The highest BCUT2D eigenvalue weighted by Gasteiger charge is 2.13. The Balaban J connectivity index is 2.75. The number of hydrogen-bond donors (Lipinski definition) is 2. The molecule has 0 saturated carbocycles. The van der Waals surface area contributed by atoms with E-state index in [2.05, 4.69) is 5.32 Å². The van der Waals surface area contributed by atoms with Gasteiger partial charge in [-0.25, -0.2) is 9.59 Å². The molecule has 0 unspecified atom stereocenters. The van der Waals surface area contributed by atoms with Crippen molar-refractivity contribution in [1.29, 1.82) is 0 Å². The quantitative estimate of drug-likeness (QED) is 0.892. The van der Waals surface area contributed by atoms with Gasteiger partial charge in [0.05, 0.1) is 10.6 Å². The Bertz CT molecular complexity index is 489. The minimum Gasteiger partial charge on any atom is -0.478 e. The maximum absolute atomic E-state index is 11.8. The smallest absolute Gasteiger partial charge is 0.337 e. The fourth-order valence-electron chi connectivity index (χ4n) is 1.62. The van der Waals surface area contributed by atoms with Crippen molar-refractivity contribution in [2.24, 2.45) is 5.92 Å². The molecule has 0 atom stereocenters. The van der Waals surface area contributed by atoms with E-state index in [1.54, 1.807) is 11.9 Å². The third kappa shape index (κ3) is 4.44. The number of carboxylic acid groups (broad SMARTS) is 1. The van der Waals surface area contributed by atoms with E-state index in [0.29, 0.717) is 18.2 Å². The summed E-state index contributed by atoms with van der Waals surface area (Å²) < 4.78 is 0. The number of halogens is 1. The Labute approximate surface area is 117 Å². The molecule has 1 aromatic rings. The third-order valence-corrected chi connectivity index (χ3v) is 2.75. The number of carbonyl (C=O) groups excluding carboxylic acids is 1. The summed E-state index contributed by atoms with van der Waals surface area (Å²) in [5.74, 6) is -0.728. The van der Waals surface area contributed by atoms with Gasteiger partial charge in [-0.3, -0.25) is 0 Å². The molecule has 2 amide bonds. The van der Waals surface area contributed by atoms with Crippen molar-refractivity contribution in [2.75, 3.05) is 18.9 Å². The number of benzene rings is 1. The van der Waals surface area contributed by atoms with Gasteiger partial charge in [-0.05, 0) is 24.1 Å².